The molecule has 0 aliphatic rings. The molecule has 3 aromatic carbocycles. The third-order valence-corrected chi connectivity index (χ3v) is 4.54. The van der Waals surface area contributed by atoms with Crippen molar-refractivity contribution >= 4 is 10.8 Å². The van der Waals surface area contributed by atoms with Gasteiger partial charge in [0.25, 0.3) is 0 Å². The van der Waals surface area contributed by atoms with E-state index in [0.29, 0.717) is 17.9 Å². The van der Waals surface area contributed by atoms with Crippen molar-refractivity contribution in [3.63, 3.8) is 0 Å². The summed E-state index contributed by atoms with van der Waals surface area (Å²) >= 11 is 0. The molecule has 0 radical (unpaired) electrons. The van der Waals surface area contributed by atoms with Crippen LogP contribution in [0.25, 0.3) is 22.2 Å². The van der Waals surface area contributed by atoms with Crippen LogP contribution >= 0.6 is 0 Å². The lowest BCUT2D eigenvalue weighted by molar-refractivity contribution is 0.315. The second-order valence-electron chi connectivity index (χ2n) is 6.86. The predicted molar refractivity (Wildman–Crippen MR) is 113 cm³/mol. The van der Waals surface area contributed by atoms with Gasteiger partial charge in [-0.2, -0.15) is 0 Å². The van der Waals surface area contributed by atoms with E-state index < -0.39 is 11.6 Å². The second-order valence-corrected chi connectivity index (χ2v) is 6.86. The predicted octanol–water partition coefficient (Wildman–Crippen LogP) is 5.90. The highest BCUT2D eigenvalue weighted by atomic mass is 19.1. The molecule has 0 aliphatic heterocycles. The van der Waals surface area contributed by atoms with Crippen molar-refractivity contribution in [2.45, 2.75) is 13.3 Å². The summed E-state index contributed by atoms with van der Waals surface area (Å²) in [6.07, 6.45) is 3.78. The van der Waals surface area contributed by atoms with E-state index in [4.69, 9.17) is 4.74 Å². The molecule has 31 heavy (non-hydrogen) atoms. The minimum Gasteiger partial charge on any atom is -0.490 e. The summed E-state index contributed by atoms with van der Waals surface area (Å²) in [7, 11) is 0. The third-order valence-electron chi connectivity index (χ3n) is 4.54. The van der Waals surface area contributed by atoms with E-state index in [2.05, 4.69) is 21.8 Å². The van der Waals surface area contributed by atoms with Crippen LogP contribution in [0.5, 0.6) is 5.75 Å². The fourth-order valence-electron chi connectivity index (χ4n) is 3.01. The van der Waals surface area contributed by atoms with Crippen molar-refractivity contribution in [2.24, 2.45) is 0 Å². The van der Waals surface area contributed by atoms with Crippen LogP contribution in [0.15, 0.2) is 60.9 Å². The second kappa shape index (κ2) is 8.88. The minimum atomic E-state index is -0.805. The molecule has 0 saturated carbocycles. The van der Waals surface area contributed by atoms with E-state index in [1.165, 1.54) is 24.5 Å². The number of nitrogens with zero attached hydrogens (tertiary/aromatic N) is 2. The van der Waals surface area contributed by atoms with Crippen LogP contribution < -0.4 is 4.74 Å². The van der Waals surface area contributed by atoms with Gasteiger partial charge in [0, 0.05) is 11.1 Å². The molecule has 0 N–H and O–H groups in total. The first-order valence-corrected chi connectivity index (χ1v) is 9.69. The first-order chi connectivity index (χ1) is 15.0. The summed E-state index contributed by atoms with van der Waals surface area (Å²) in [6.45, 7) is 2.51. The lowest BCUT2D eigenvalue weighted by Gasteiger charge is -2.06. The number of hydrogen-bond acceptors (Lipinski definition) is 3. The lowest BCUT2D eigenvalue weighted by Crippen LogP contribution is -1.98. The van der Waals surface area contributed by atoms with Crippen LogP contribution in [-0.2, 0) is 0 Å². The molecule has 154 valence electrons. The Labute approximate surface area is 177 Å². The van der Waals surface area contributed by atoms with Crippen LogP contribution in [-0.4, -0.2) is 16.6 Å². The molecular formula is C25H17F3N2O. The molecule has 4 aromatic rings. The number of benzene rings is 3. The summed E-state index contributed by atoms with van der Waals surface area (Å²) in [6, 6.07) is 11.8. The molecule has 0 saturated heterocycles. The maximum atomic E-state index is 14.6. The first-order valence-electron chi connectivity index (χ1n) is 9.69. The monoisotopic (exact) mass is 418 g/mol. The van der Waals surface area contributed by atoms with Crippen molar-refractivity contribution in [1.29, 1.82) is 0 Å². The van der Waals surface area contributed by atoms with Gasteiger partial charge in [-0.1, -0.05) is 30.9 Å². The molecule has 4 rings (SSSR count). The first kappa shape index (κ1) is 20.4. The standard InChI is InChI=1S/C25H17F3N2O/c1-2-9-31-21-14-29-25(30-15-21)19-12-23(27)22(24(28)13-19)8-4-16-3-5-18-11-20(26)7-6-17(18)10-16/h3,5-7,10-15H,2,9H2,1H3. The maximum absolute atomic E-state index is 14.6. The Morgan fingerprint density at radius 2 is 1.52 bits per heavy atom. The summed E-state index contributed by atoms with van der Waals surface area (Å²) in [5.41, 5.74) is 0.425. The summed E-state index contributed by atoms with van der Waals surface area (Å²) in [5.74, 6) is 4.05. The van der Waals surface area contributed by atoms with Gasteiger partial charge in [-0.3, -0.25) is 0 Å². The largest absolute Gasteiger partial charge is 0.490 e. The number of hydrogen-bond donors (Lipinski definition) is 0. The zero-order valence-corrected chi connectivity index (χ0v) is 16.6. The zero-order chi connectivity index (χ0) is 21.8. The van der Waals surface area contributed by atoms with Crippen molar-refractivity contribution in [3.05, 3.63) is 89.5 Å². The van der Waals surface area contributed by atoms with E-state index in [1.54, 1.807) is 24.3 Å². The molecule has 0 unspecified atom stereocenters. The molecule has 0 bridgehead atoms. The van der Waals surface area contributed by atoms with Gasteiger partial charge in [-0.15, -0.1) is 0 Å². The highest BCUT2D eigenvalue weighted by Crippen LogP contribution is 2.23. The molecule has 3 nitrogen and oxygen atoms in total. The number of halogens is 3. The maximum Gasteiger partial charge on any atom is 0.159 e. The van der Waals surface area contributed by atoms with Gasteiger partial charge in [0.1, 0.15) is 17.5 Å². The average Bonchev–Trinajstić information content (AvgIpc) is 2.77. The number of fused-ring (bicyclic) bond motifs is 1. The Bertz CT molecular complexity index is 1290. The molecule has 0 fully saturated rings. The summed E-state index contributed by atoms with van der Waals surface area (Å²) in [4.78, 5) is 8.22. The van der Waals surface area contributed by atoms with E-state index in [1.807, 2.05) is 6.92 Å². The van der Waals surface area contributed by atoms with Crippen LogP contribution in [0, 0.1) is 29.3 Å². The molecule has 0 aliphatic carbocycles. The highest BCUT2D eigenvalue weighted by molar-refractivity contribution is 5.84. The van der Waals surface area contributed by atoms with Gasteiger partial charge < -0.3 is 4.74 Å². The molecule has 1 aromatic heterocycles. The zero-order valence-electron chi connectivity index (χ0n) is 16.6. The van der Waals surface area contributed by atoms with Crippen molar-refractivity contribution in [3.8, 4) is 29.0 Å². The van der Waals surface area contributed by atoms with Crippen molar-refractivity contribution in [2.75, 3.05) is 6.61 Å². The van der Waals surface area contributed by atoms with Gasteiger partial charge in [0.05, 0.1) is 24.6 Å². The van der Waals surface area contributed by atoms with E-state index in [0.717, 1.165) is 29.3 Å². The molecule has 1 heterocycles. The number of ether oxygens (including phenoxy) is 1. The van der Waals surface area contributed by atoms with Crippen LogP contribution in [0.3, 0.4) is 0 Å². The summed E-state index contributed by atoms with van der Waals surface area (Å²) in [5, 5.41) is 1.51. The quantitative estimate of drug-likeness (QED) is 0.387. The van der Waals surface area contributed by atoms with Gasteiger partial charge in [0.15, 0.2) is 11.6 Å². The van der Waals surface area contributed by atoms with Crippen LogP contribution in [0.4, 0.5) is 13.2 Å². The van der Waals surface area contributed by atoms with Gasteiger partial charge in [-0.25, -0.2) is 23.1 Å². The molecule has 0 amide bonds. The van der Waals surface area contributed by atoms with E-state index >= 15 is 0 Å². The van der Waals surface area contributed by atoms with Crippen molar-refractivity contribution in [1.82, 2.24) is 9.97 Å². The molecular weight excluding hydrogens is 401 g/mol. The number of aromatic nitrogens is 2. The Morgan fingerprint density at radius 1 is 0.839 bits per heavy atom. The smallest absolute Gasteiger partial charge is 0.159 e. The lowest BCUT2D eigenvalue weighted by atomic mass is 10.1. The van der Waals surface area contributed by atoms with Gasteiger partial charge >= 0.3 is 0 Å². The Hall–Kier alpha value is -3.85. The Balaban J connectivity index is 1.60. The highest BCUT2D eigenvalue weighted by Gasteiger charge is 2.12. The molecule has 0 spiro atoms. The topological polar surface area (TPSA) is 35.0 Å². The summed E-state index contributed by atoms with van der Waals surface area (Å²) < 4.78 is 47.9. The fraction of sp³-hybridized carbons (Fsp3) is 0.120. The van der Waals surface area contributed by atoms with Gasteiger partial charge in [0.2, 0.25) is 0 Å². The van der Waals surface area contributed by atoms with Crippen LogP contribution in [0.2, 0.25) is 0 Å². The van der Waals surface area contributed by atoms with Crippen LogP contribution in [0.1, 0.15) is 24.5 Å². The normalized spacial score (nSPS) is 10.6. The molecule has 6 heteroatoms. The average molecular weight is 418 g/mol. The van der Waals surface area contributed by atoms with E-state index in [-0.39, 0.29) is 22.8 Å². The third kappa shape index (κ3) is 4.67. The fourth-order valence-corrected chi connectivity index (χ4v) is 3.01. The Morgan fingerprint density at radius 3 is 2.23 bits per heavy atom. The Kier molecular flexibility index (Phi) is 5.85. The van der Waals surface area contributed by atoms with E-state index in [9.17, 15) is 13.2 Å². The minimum absolute atomic E-state index is 0.183. The van der Waals surface area contributed by atoms with Crippen molar-refractivity contribution < 1.29 is 17.9 Å². The molecule has 0 atom stereocenters. The number of rotatable bonds is 4. The SMILES string of the molecule is CCCOc1cnc(-c2cc(F)c(C#Cc3ccc4cc(F)ccc4c3)c(F)c2)nc1. The van der Waals surface area contributed by atoms with Gasteiger partial charge in [-0.05, 0) is 53.6 Å².